The first-order valence-corrected chi connectivity index (χ1v) is 8.76. The Morgan fingerprint density at radius 1 is 1.12 bits per heavy atom. The van der Waals surface area contributed by atoms with E-state index >= 15 is 0 Å². The van der Waals surface area contributed by atoms with Crippen molar-refractivity contribution in [2.75, 3.05) is 0 Å². The van der Waals surface area contributed by atoms with E-state index in [1.54, 1.807) is 0 Å². The minimum absolute atomic E-state index is 0.472. The molecule has 3 nitrogen and oxygen atoms in total. The molecule has 3 rings (SSSR count). The zero-order valence-electron chi connectivity index (χ0n) is 14.0. The van der Waals surface area contributed by atoms with Gasteiger partial charge in [0.2, 0.25) is 0 Å². The lowest BCUT2D eigenvalue weighted by atomic mass is 10.1. The number of allylic oxidation sites excluding steroid dienone is 1. The summed E-state index contributed by atoms with van der Waals surface area (Å²) in [4.78, 5) is 0. The third-order valence-electron chi connectivity index (χ3n) is 4.19. The van der Waals surface area contributed by atoms with Crippen LogP contribution in [0.5, 0.6) is 0 Å². The number of nitrogens with one attached hydrogen (secondary N) is 1. The van der Waals surface area contributed by atoms with E-state index in [1.807, 2.05) is 42.6 Å². The molecule has 0 amide bonds. The van der Waals surface area contributed by atoms with Gasteiger partial charge >= 0.3 is 0 Å². The maximum atomic E-state index is 6.18. The highest BCUT2D eigenvalue weighted by Gasteiger charge is 2.11. The number of benzene rings is 2. The monoisotopic (exact) mass is 371 g/mol. The van der Waals surface area contributed by atoms with Gasteiger partial charge < -0.3 is 9.99 Å². The van der Waals surface area contributed by atoms with Crippen LogP contribution in [0.1, 0.15) is 16.8 Å². The number of fused-ring (bicyclic) bond motifs is 1. The van der Waals surface area contributed by atoms with Gasteiger partial charge in [-0.1, -0.05) is 53.5 Å². The summed E-state index contributed by atoms with van der Waals surface area (Å²) < 4.78 is 2.23. The molecule has 0 unspecified atom stereocenters. The van der Waals surface area contributed by atoms with Gasteiger partial charge in [0.05, 0.1) is 12.8 Å². The zero-order chi connectivity index (χ0) is 17.8. The number of aromatic nitrogens is 1. The summed E-state index contributed by atoms with van der Waals surface area (Å²) >= 11 is 12.4. The van der Waals surface area contributed by atoms with E-state index in [4.69, 9.17) is 23.2 Å². The van der Waals surface area contributed by atoms with E-state index in [1.165, 1.54) is 10.9 Å². The molecule has 0 bridgehead atoms. The van der Waals surface area contributed by atoms with Crippen LogP contribution in [0.25, 0.3) is 10.9 Å². The maximum absolute atomic E-state index is 6.18. The van der Waals surface area contributed by atoms with Crippen LogP contribution in [0.15, 0.2) is 60.2 Å². The molecule has 0 saturated heterocycles. The minimum Gasteiger partial charge on any atom is -0.340 e. The number of rotatable bonds is 6. The lowest BCUT2D eigenvalue weighted by molar-refractivity contribution is 0.748. The Balaban J connectivity index is 1.84. The highest BCUT2D eigenvalue weighted by atomic mass is 35.5. The van der Waals surface area contributed by atoms with Crippen molar-refractivity contribution in [3.8, 4) is 0 Å². The summed E-state index contributed by atoms with van der Waals surface area (Å²) in [6.07, 6.45) is 3.75. The van der Waals surface area contributed by atoms with Gasteiger partial charge in [-0.2, -0.15) is 5.10 Å². The van der Waals surface area contributed by atoms with Gasteiger partial charge in [-0.3, -0.25) is 0 Å². The van der Waals surface area contributed by atoms with Crippen LogP contribution in [0.3, 0.4) is 0 Å². The van der Waals surface area contributed by atoms with Crippen molar-refractivity contribution in [1.82, 2.24) is 9.99 Å². The first kappa shape index (κ1) is 17.6. The van der Waals surface area contributed by atoms with Crippen LogP contribution in [0, 0.1) is 6.92 Å². The summed E-state index contributed by atoms with van der Waals surface area (Å²) in [6.45, 7) is 7.18. The molecule has 0 aliphatic carbocycles. The van der Waals surface area contributed by atoms with E-state index in [-0.39, 0.29) is 0 Å². The van der Waals surface area contributed by atoms with Gasteiger partial charge in [0, 0.05) is 44.3 Å². The molecule has 1 aromatic heterocycles. The molecule has 0 spiro atoms. The predicted octanol–water partition coefficient (Wildman–Crippen LogP) is 5.57. The molecule has 5 heteroatoms. The first-order chi connectivity index (χ1) is 12.1. The van der Waals surface area contributed by atoms with E-state index in [9.17, 15) is 0 Å². The van der Waals surface area contributed by atoms with Crippen molar-refractivity contribution in [2.24, 2.45) is 5.10 Å². The number of hydrazone groups is 1. The maximum Gasteiger partial charge on any atom is 0.0609 e. The first-order valence-electron chi connectivity index (χ1n) is 8.01. The van der Waals surface area contributed by atoms with Gasteiger partial charge in [0.25, 0.3) is 0 Å². The van der Waals surface area contributed by atoms with Crippen molar-refractivity contribution in [1.29, 1.82) is 0 Å². The fourth-order valence-electron chi connectivity index (χ4n) is 2.92. The minimum atomic E-state index is 0.472. The smallest absolute Gasteiger partial charge is 0.0609 e. The molecule has 3 aromatic rings. The second kappa shape index (κ2) is 7.77. The van der Waals surface area contributed by atoms with Gasteiger partial charge in [0.15, 0.2) is 0 Å². The van der Waals surface area contributed by atoms with Crippen molar-refractivity contribution < 1.29 is 0 Å². The Morgan fingerprint density at radius 3 is 2.56 bits per heavy atom. The Labute approximate surface area is 157 Å². The van der Waals surface area contributed by atoms with Crippen molar-refractivity contribution >= 4 is 40.3 Å². The molecule has 25 heavy (non-hydrogen) atoms. The van der Waals surface area contributed by atoms with E-state index < -0.39 is 0 Å². The number of halogens is 2. The van der Waals surface area contributed by atoms with Gasteiger partial charge in [-0.05, 0) is 25.1 Å². The summed E-state index contributed by atoms with van der Waals surface area (Å²) in [5.74, 6) is 0. The van der Waals surface area contributed by atoms with E-state index in [0.717, 1.165) is 23.4 Å². The lowest BCUT2D eigenvalue weighted by Crippen LogP contribution is -2.07. The Morgan fingerprint density at radius 2 is 1.84 bits per heavy atom. The molecular formula is C20H19Cl2N3. The number of para-hydroxylation sites is 1. The highest BCUT2D eigenvalue weighted by molar-refractivity contribution is 6.35. The lowest BCUT2D eigenvalue weighted by Gasteiger charge is -2.06. The predicted molar refractivity (Wildman–Crippen MR) is 108 cm³/mol. The largest absolute Gasteiger partial charge is 0.340 e. The zero-order valence-corrected chi connectivity index (χ0v) is 15.5. The molecule has 0 radical (unpaired) electrons. The van der Waals surface area contributed by atoms with Crippen LogP contribution in [-0.2, 0) is 13.1 Å². The second-order valence-electron chi connectivity index (χ2n) is 5.71. The number of hydrogen-bond donors (Lipinski definition) is 1. The quantitative estimate of drug-likeness (QED) is 0.342. The Bertz CT molecular complexity index is 921. The average molecular weight is 372 g/mol. The molecule has 0 fully saturated rings. The van der Waals surface area contributed by atoms with Gasteiger partial charge in [0.1, 0.15) is 0 Å². The van der Waals surface area contributed by atoms with Crippen LogP contribution < -0.4 is 5.43 Å². The van der Waals surface area contributed by atoms with Gasteiger partial charge in [-0.15, -0.1) is 6.58 Å². The molecule has 1 N–H and O–H groups in total. The average Bonchev–Trinajstić information content (AvgIpc) is 2.87. The third-order valence-corrected chi connectivity index (χ3v) is 4.90. The highest BCUT2D eigenvalue weighted by Crippen LogP contribution is 2.25. The number of hydrogen-bond acceptors (Lipinski definition) is 2. The molecule has 1 heterocycles. The Hall–Kier alpha value is -2.23. The third kappa shape index (κ3) is 3.58. The molecule has 128 valence electrons. The fraction of sp³-hybridized carbons (Fsp3) is 0.150. The molecule has 2 aromatic carbocycles. The number of nitrogens with zero attached hydrogens (tertiary/aromatic N) is 2. The van der Waals surface area contributed by atoms with Gasteiger partial charge in [-0.25, -0.2) is 0 Å². The topological polar surface area (TPSA) is 29.3 Å². The van der Waals surface area contributed by atoms with E-state index in [0.29, 0.717) is 16.6 Å². The summed E-state index contributed by atoms with van der Waals surface area (Å²) in [5, 5.41) is 6.81. The summed E-state index contributed by atoms with van der Waals surface area (Å²) in [6, 6.07) is 13.8. The normalized spacial score (nSPS) is 11.3. The standard InChI is InChI=1S/C20H19Cl2N3/c1-3-11-25-14(2)16(15-7-4-5-10-20(15)25)12-23-24-13-17-18(21)8-6-9-19(17)22/h3-10,12,24H,1,11,13H2,2H3/b23-12-. The SMILES string of the molecule is C=CCn1c(C)c(/C=N\NCc2c(Cl)cccc2Cl)c2ccccc21. The molecular weight excluding hydrogens is 353 g/mol. The fourth-order valence-corrected chi connectivity index (χ4v) is 3.45. The summed E-state index contributed by atoms with van der Waals surface area (Å²) in [7, 11) is 0. The van der Waals surface area contributed by atoms with Crippen molar-refractivity contribution in [3.63, 3.8) is 0 Å². The molecule has 0 aliphatic heterocycles. The van der Waals surface area contributed by atoms with Crippen LogP contribution in [-0.4, -0.2) is 10.8 Å². The molecule has 0 atom stereocenters. The van der Waals surface area contributed by atoms with E-state index in [2.05, 4.69) is 40.7 Å². The van der Waals surface area contributed by atoms with Crippen LogP contribution >= 0.6 is 23.2 Å². The Kier molecular flexibility index (Phi) is 5.47. The molecule has 0 saturated carbocycles. The molecule has 0 aliphatic rings. The van der Waals surface area contributed by atoms with Crippen molar-refractivity contribution in [2.45, 2.75) is 20.0 Å². The van der Waals surface area contributed by atoms with Crippen LogP contribution in [0.4, 0.5) is 0 Å². The summed E-state index contributed by atoms with van der Waals surface area (Å²) in [5.41, 5.74) is 7.30. The second-order valence-corrected chi connectivity index (χ2v) is 6.52. The van der Waals surface area contributed by atoms with Crippen molar-refractivity contribution in [3.05, 3.63) is 82.0 Å². The van der Waals surface area contributed by atoms with Crippen LogP contribution in [0.2, 0.25) is 10.0 Å².